The molecule has 0 radical (unpaired) electrons. The number of hydrogen-bond donors (Lipinski definition) is 2. The fraction of sp³-hybridized carbons (Fsp3) is 0.233. The Morgan fingerprint density at radius 3 is 2.36 bits per heavy atom. The fourth-order valence-corrected chi connectivity index (χ4v) is 5.05. The maximum Gasteiger partial charge on any atom is 0.412 e. The Labute approximate surface area is 210 Å². The summed E-state index contributed by atoms with van der Waals surface area (Å²) < 4.78 is 17.7. The third-order valence-corrected chi connectivity index (χ3v) is 6.92. The number of nitrogens with one attached hydrogen (secondary N) is 2. The van der Waals surface area contributed by atoms with Gasteiger partial charge in [-0.15, -0.1) is 0 Å². The molecule has 6 rings (SSSR count). The van der Waals surface area contributed by atoms with E-state index in [1.807, 2.05) is 60.7 Å². The Balaban J connectivity index is 1.03. The minimum Gasteiger partial charge on any atom is -0.441 e. The summed E-state index contributed by atoms with van der Waals surface area (Å²) in [5.41, 5.74) is 4.32. The van der Waals surface area contributed by atoms with E-state index in [2.05, 4.69) is 47.0 Å². The molecule has 4 aromatic carbocycles. The van der Waals surface area contributed by atoms with Crippen LogP contribution >= 0.6 is 0 Å². The summed E-state index contributed by atoms with van der Waals surface area (Å²) in [6.07, 6.45) is -1.37. The molecule has 0 aromatic heterocycles. The molecule has 182 valence electrons. The first-order chi connectivity index (χ1) is 17.7. The van der Waals surface area contributed by atoms with E-state index in [0.717, 1.165) is 16.5 Å². The van der Waals surface area contributed by atoms with Gasteiger partial charge in [0.25, 0.3) is 0 Å². The molecule has 4 unspecified atom stereocenters. The molecule has 6 heteroatoms. The molecule has 0 spiro atoms. The molecule has 2 saturated heterocycles. The van der Waals surface area contributed by atoms with Crippen molar-refractivity contribution in [2.24, 2.45) is 0 Å². The molecule has 0 bridgehead atoms. The number of carbonyl (C=O) groups excluding carboxylic acids is 1. The minimum atomic E-state index is -0.501. The van der Waals surface area contributed by atoms with E-state index in [0.29, 0.717) is 19.8 Å². The van der Waals surface area contributed by atoms with Crippen molar-refractivity contribution in [2.45, 2.75) is 30.9 Å². The van der Waals surface area contributed by atoms with Crippen molar-refractivity contribution in [3.8, 4) is 11.1 Å². The van der Waals surface area contributed by atoms with Crippen molar-refractivity contribution in [2.75, 3.05) is 18.5 Å². The van der Waals surface area contributed by atoms with Crippen molar-refractivity contribution in [3.05, 3.63) is 103 Å². The first kappa shape index (κ1) is 22.7. The van der Waals surface area contributed by atoms with Crippen LogP contribution in [-0.4, -0.2) is 43.7 Å². The zero-order chi connectivity index (χ0) is 24.3. The van der Waals surface area contributed by atoms with Gasteiger partial charge >= 0.3 is 6.09 Å². The van der Waals surface area contributed by atoms with Gasteiger partial charge in [-0.2, -0.15) is 0 Å². The molecular weight excluding hydrogens is 452 g/mol. The Kier molecular flexibility index (Phi) is 6.38. The Morgan fingerprint density at radius 1 is 0.778 bits per heavy atom. The normalized spacial score (nSPS) is 22.9. The summed E-state index contributed by atoms with van der Waals surface area (Å²) in [4.78, 5) is 12.7. The molecule has 6 nitrogen and oxygen atoms in total. The quantitative estimate of drug-likeness (QED) is 0.388. The number of rotatable bonds is 6. The molecule has 2 aliphatic rings. The molecule has 0 aliphatic carbocycles. The van der Waals surface area contributed by atoms with Crippen LogP contribution in [-0.2, 0) is 20.8 Å². The van der Waals surface area contributed by atoms with Crippen molar-refractivity contribution in [1.82, 2.24) is 5.32 Å². The summed E-state index contributed by atoms with van der Waals surface area (Å²) in [5, 5.41) is 8.46. The van der Waals surface area contributed by atoms with Crippen LogP contribution in [0.3, 0.4) is 0 Å². The SMILES string of the molecule is O=C(Nc1cccc2ccccc12)OC1COC2C(NCc3ccc(-c4ccccc4)cc3)COC12. The monoisotopic (exact) mass is 480 g/mol. The van der Waals surface area contributed by atoms with Crippen LogP contribution < -0.4 is 10.6 Å². The van der Waals surface area contributed by atoms with Crippen LogP contribution in [0.4, 0.5) is 10.5 Å². The van der Waals surface area contributed by atoms with E-state index >= 15 is 0 Å². The van der Waals surface area contributed by atoms with Crippen LogP contribution in [0.15, 0.2) is 97.1 Å². The summed E-state index contributed by atoms with van der Waals surface area (Å²) in [6, 6.07) is 32.7. The number of benzene rings is 4. The number of hydrogen-bond acceptors (Lipinski definition) is 5. The van der Waals surface area contributed by atoms with Crippen LogP contribution in [0, 0.1) is 0 Å². The third-order valence-electron chi connectivity index (χ3n) is 6.92. The van der Waals surface area contributed by atoms with Crippen molar-refractivity contribution in [1.29, 1.82) is 0 Å². The van der Waals surface area contributed by atoms with Crippen molar-refractivity contribution >= 4 is 22.6 Å². The Morgan fingerprint density at radius 2 is 1.50 bits per heavy atom. The van der Waals surface area contributed by atoms with Gasteiger partial charge in [-0.3, -0.25) is 5.32 Å². The van der Waals surface area contributed by atoms with Gasteiger partial charge in [0.15, 0.2) is 6.10 Å². The molecule has 2 aliphatic heterocycles. The third kappa shape index (κ3) is 4.71. The number of anilines is 1. The number of amides is 1. The average molecular weight is 481 g/mol. The van der Waals surface area contributed by atoms with Gasteiger partial charge in [-0.25, -0.2) is 4.79 Å². The second kappa shape index (κ2) is 10.1. The fourth-order valence-electron chi connectivity index (χ4n) is 5.05. The highest BCUT2D eigenvalue weighted by atomic mass is 16.6. The second-order valence-electron chi connectivity index (χ2n) is 9.24. The molecule has 4 atom stereocenters. The molecule has 2 N–H and O–H groups in total. The summed E-state index contributed by atoms with van der Waals surface area (Å²) in [6.45, 7) is 1.55. The standard InChI is InChI=1S/C30H28N2O4/c33-30(32-25-12-6-10-23-9-4-5-11-24(23)25)36-27-19-35-28-26(18-34-29(27)28)31-17-20-13-15-22(16-14-20)21-7-2-1-3-8-21/h1-16,26-29,31H,17-19H2,(H,32,33). The summed E-state index contributed by atoms with van der Waals surface area (Å²) in [5.74, 6) is 0. The Bertz CT molecular complexity index is 1340. The molecule has 36 heavy (non-hydrogen) atoms. The largest absolute Gasteiger partial charge is 0.441 e. The van der Waals surface area contributed by atoms with E-state index in [-0.39, 0.29) is 18.2 Å². The van der Waals surface area contributed by atoms with Crippen molar-refractivity contribution < 1.29 is 19.0 Å². The highest BCUT2D eigenvalue weighted by Gasteiger charge is 2.49. The van der Waals surface area contributed by atoms with Gasteiger partial charge in [0.05, 0.1) is 24.9 Å². The molecule has 0 saturated carbocycles. The zero-order valence-corrected chi connectivity index (χ0v) is 19.8. The van der Waals surface area contributed by atoms with Crippen LogP contribution in [0.5, 0.6) is 0 Å². The highest BCUT2D eigenvalue weighted by molar-refractivity contribution is 6.00. The van der Waals surface area contributed by atoms with Gasteiger partial charge in [0.1, 0.15) is 12.2 Å². The molecule has 1 amide bonds. The molecular formula is C30H28N2O4. The Hall–Kier alpha value is -3.71. The van der Waals surface area contributed by atoms with Gasteiger partial charge in [-0.05, 0) is 28.1 Å². The first-order valence-corrected chi connectivity index (χ1v) is 12.3. The predicted molar refractivity (Wildman–Crippen MR) is 140 cm³/mol. The lowest BCUT2D eigenvalue weighted by atomic mass is 10.0. The number of carbonyl (C=O) groups is 1. The topological polar surface area (TPSA) is 68.8 Å². The summed E-state index contributed by atoms with van der Waals surface area (Å²) in [7, 11) is 0. The zero-order valence-electron chi connectivity index (χ0n) is 19.8. The van der Waals surface area contributed by atoms with Gasteiger partial charge in [0, 0.05) is 11.9 Å². The lowest BCUT2D eigenvalue weighted by Crippen LogP contribution is -2.41. The minimum absolute atomic E-state index is 0.0403. The average Bonchev–Trinajstić information content (AvgIpc) is 3.51. The van der Waals surface area contributed by atoms with E-state index in [1.165, 1.54) is 16.7 Å². The van der Waals surface area contributed by atoms with Crippen LogP contribution in [0.1, 0.15) is 5.56 Å². The van der Waals surface area contributed by atoms with Crippen LogP contribution in [0.2, 0.25) is 0 Å². The maximum atomic E-state index is 12.7. The number of fused-ring (bicyclic) bond motifs is 2. The lowest BCUT2D eigenvalue weighted by Gasteiger charge is -2.18. The lowest BCUT2D eigenvalue weighted by molar-refractivity contribution is 0.00855. The van der Waals surface area contributed by atoms with Gasteiger partial charge in [0.2, 0.25) is 0 Å². The maximum absolute atomic E-state index is 12.7. The van der Waals surface area contributed by atoms with E-state index < -0.39 is 12.2 Å². The highest BCUT2D eigenvalue weighted by Crippen LogP contribution is 2.30. The predicted octanol–water partition coefficient (Wildman–Crippen LogP) is 5.38. The van der Waals surface area contributed by atoms with Crippen molar-refractivity contribution in [3.63, 3.8) is 0 Å². The number of ether oxygens (including phenoxy) is 3. The smallest absolute Gasteiger partial charge is 0.412 e. The van der Waals surface area contributed by atoms with Gasteiger partial charge < -0.3 is 19.5 Å². The summed E-state index contributed by atoms with van der Waals surface area (Å²) >= 11 is 0. The molecule has 2 heterocycles. The van der Waals surface area contributed by atoms with E-state index in [1.54, 1.807) is 0 Å². The first-order valence-electron chi connectivity index (χ1n) is 12.3. The van der Waals surface area contributed by atoms with Crippen LogP contribution in [0.25, 0.3) is 21.9 Å². The molecule has 2 fully saturated rings. The molecule has 4 aromatic rings. The van der Waals surface area contributed by atoms with E-state index in [4.69, 9.17) is 14.2 Å². The van der Waals surface area contributed by atoms with E-state index in [9.17, 15) is 4.79 Å². The van der Waals surface area contributed by atoms with Gasteiger partial charge in [-0.1, -0.05) is 91.0 Å². The second-order valence-corrected chi connectivity index (χ2v) is 9.24.